The van der Waals surface area contributed by atoms with E-state index in [0.717, 1.165) is 6.92 Å². The van der Waals surface area contributed by atoms with Crippen LogP contribution in [0.1, 0.15) is 6.92 Å². The lowest BCUT2D eigenvalue weighted by atomic mass is 10.1. The first-order valence-corrected chi connectivity index (χ1v) is 7.18. The Balaban J connectivity index is 4.10. The van der Waals surface area contributed by atoms with Gasteiger partial charge in [-0.15, -0.1) is 0 Å². The Hall–Kier alpha value is -0.340. The van der Waals surface area contributed by atoms with Gasteiger partial charge in [0.2, 0.25) is 0 Å². The molecular formula is C10H22NO7P. The van der Waals surface area contributed by atoms with Crippen LogP contribution in [0.25, 0.3) is 0 Å². The average Bonchev–Trinajstić information content (AvgIpc) is 2.22. The summed E-state index contributed by atoms with van der Waals surface area (Å²) in [6.45, 7) is 0.734. The van der Waals surface area contributed by atoms with E-state index < -0.39 is 32.4 Å². The number of hydrogen-bond acceptors (Lipinski definition) is 7. The minimum atomic E-state index is -4.54. The van der Waals surface area contributed by atoms with Gasteiger partial charge in [0.05, 0.1) is 27.7 Å². The van der Waals surface area contributed by atoms with Crippen LogP contribution in [-0.2, 0) is 18.4 Å². The van der Waals surface area contributed by atoms with E-state index in [-0.39, 0.29) is 6.61 Å². The van der Waals surface area contributed by atoms with Crippen molar-refractivity contribution in [3.63, 3.8) is 0 Å². The molecule has 0 aromatic heterocycles. The average molecular weight is 299 g/mol. The third-order valence-corrected chi connectivity index (χ3v) is 3.16. The fourth-order valence-electron chi connectivity index (χ4n) is 0.993. The molecule has 2 N–H and O–H groups in total. The van der Waals surface area contributed by atoms with Crippen molar-refractivity contribution in [2.75, 3.05) is 40.9 Å². The van der Waals surface area contributed by atoms with Gasteiger partial charge in [-0.05, 0) is 6.92 Å². The zero-order valence-corrected chi connectivity index (χ0v) is 12.5. The molecule has 0 amide bonds. The van der Waals surface area contributed by atoms with Crippen molar-refractivity contribution in [3.8, 4) is 0 Å². The number of ketones is 1. The Morgan fingerprint density at radius 1 is 1.32 bits per heavy atom. The molecule has 0 saturated heterocycles. The van der Waals surface area contributed by atoms with E-state index in [1.54, 1.807) is 0 Å². The first kappa shape index (κ1) is 18.7. The fourth-order valence-corrected chi connectivity index (χ4v) is 1.71. The highest BCUT2D eigenvalue weighted by Crippen LogP contribution is 2.38. The molecule has 0 aliphatic heterocycles. The van der Waals surface area contributed by atoms with Crippen molar-refractivity contribution < 1.29 is 38.0 Å². The van der Waals surface area contributed by atoms with Gasteiger partial charge in [-0.25, -0.2) is 0 Å². The molecule has 0 rings (SSSR count). The normalized spacial score (nSPS) is 18.7. The number of aliphatic hydroxyl groups is 2. The lowest BCUT2D eigenvalue weighted by Gasteiger charge is -2.28. The van der Waals surface area contributed by atoms with Crippen LogP contribution in [0.2, 0.25) is 0 Å². The third-order valence-electron chi connectivity index (χ3n) is 2.20. The van der Waals surface area contributed by atoms with Crippen molar-refractivity contribution in [1.82, 2.24) is 0 Å². The minimum Gasteiger partial charge on any atom is -0.756 e. The van der Waals surface area contributed by atoms with Crippen LogP contribution in [0.15, 0.2) is 0 Å². The number of nitrogens with zero attached hydrogens (tertiary/aromatic N) is 1. The smallest absolute Gasteiger partial charge is 0.268 e. The predicted octanol–water partition coefficient (Wildman–Crippen LogP) is -1.49. The number of phosphoric acid groups is 1. The van der Waals surface area contributed by atoms with Crippen molar-refractivity contribution in [2.24, 2.45) is 0 Å². The summed E-state index contributed by atoms with van der Waals surface area (Å²) in [5, 5.41) is 18.5. The number of quaternary nitrogens is 1. The minimum absolute atomic E-state index is 0.0599. The number of Topliss-reactive ketones (excluding diaryl/α,β-unsaturated/α-hetero) is 1. The summed E-state index contributed by atoms with van der Waals surface area (Å²) >= 11 is 0. The Morgan fingerprint density at radius 2 is 1.84 bits per heavy atom. The molecule has 8 nitrogen and oxygen atoms in total. The number of hydrogen-bond donors (Lipinski definition) is 2. The zero-order valence-electron chi connectivity index (χ0n) is 11.6. The van der Waals surface area contributed by atoms with Gasteiger partial charge >= 0.3 is 0 Å². The van der Waals surface area contributed by atoms with Crippen LogP contribution in [0.5, 0.6) is 0 Å². The van der Waals surface area contributed by atoms with Crippen LogP contribution in [-0.4, -0.2) is 73.6 Å². The molecule has 0 aromatic carbocycles. The second-order valence-electron chi connectivity index (χ2n) is 5.21. The second kappa shape index (κ2) is 7.44. The second-order valence-corrected chi connectivity index (χ2v) is 6.62. The maximum atomic E-state index is 11.3. The third kappa shape index (κ3) is 9.23. The number of carbonyl (C=O) groups excluding carboxylic acids is 1. The van der Waals surface area contributed by atoms with Gasteiger partial charge in [0.1, 0.15) is 25.4 Å². The van der Waals surface area contributed by atoms with E-state index in [9.17, 15) is 19.4 Å². The van der Waals surface area contributed by atoms with Crippen LogP contribution in [0.4, 0.5) is 0 Å². The van der Waals surface area contributed by atoms with Crippen LogP contribution < -0.4 is 4.89 Å². The highest BCUT2D eigenvalue weighted by Gasteiger charge is 2.23. The van der Waals surface area contributed by atoms with E-state index in [0.29, 0.717) is 11.0 Å². The molecule has 0 aromatic rings. The van der Waals surface area contributed by atoms with Gasteiger partial charge in [0.25, 0.3) is 7.82 Å². The molecule has 2 unspecified atom stereocenters. The summed E-state index contributed by atoms with van der Waals surface area (Å²) in [7, 11) is 1.06. The van der Waals surface area contributed by atoms with E-state index >= 15 is 0 Å². The highest BCUT2D eigenvalue weighted by atomic mass is 31.2. The maximum Gasteiger partial charge on any atom is 0.268 e. The molecule has 0 aliphatic carbocycles. The van der Waals surface area contributed by atoms with E-state index in [4.69, 9.17) is 5.11 Å². The molecule has 0 spiro atoms. The topological polar surface area (TPSA) is 116 Å². The maximum absolute atomic E-state index is 11.3. The first-order valence-electron chi connectivity index (χ1n) is 5.72. The summed E-state index contributed by atoms with van der Waals surface area (Å²) < 4.78 is 20.8. The molecule has 3 atom stereocenters. The number of rotatable bonds is 9. The van der Waals surface area contributed by atoms with Gasteiger partial charge < -0.3 is 28.6 Å². The summed E-state index contributed by atoms with van der Waals surface area (Å²) in [4.78, 5) is 22.1. The van der Waals surface area contributed by atoms with Crippen LogP contribution in [0.3, 0.4) is 0 Å². The Morgan fingerprint density at radius 3 is 2.26 bits per heavy atom. The molecule has 9 heteroatoms. The molecule has 0 bridgehead atoms. The van der Waals surface area contributed by atoms with Crippen molar-refractivity contribution in [1.29, 1.82) is 0 Å². The molecule has 114 valence electrons. The molecule has 19 heavy (non-hydrogen) atoms. The van der Waals surface area contributed by atoms with E-state index in [1.165, 1.54) is 0 Å². The molecule has 0 saturated carbocycles. The van der Waals surface area contributed by atoms with E-state index in [2.05, 4.69) is 9.05 Å². The van der Waals surface area contributed by atoms with Crippen molar-refractivity contribution in [3.05, 3.63) is 0 Å². The van der Waals surface area contributed by atoms with Gasteiger partial charge in [-0.2, -0.15) is 0 Å². The molecule has 0 aliphatic rings. The van der Waals surface area contributed by atoms with Gasteiger partial charge in [-0.3, -0.25) is 9.36 Å². The Kier molecular flexibility index (Phi) is 7.31. The van der Waals surface area contributed by atoms with Crippen molar-refractivity contribution in [2.45, 2.75) is 19.1 Å². The number of aliphatic hydroxyl groups excluding tert-OH is 2. The number of carbonyl (C=O) groups is 1. The first-order chi connectivity index (χ1) is 8.44. The van der Waals surface area contributed by atoms with Gasteiger partial charge in [0, 0.05) is 0 Å². The summed E-state index contributed by atoms with van der Waals surface area (Å²) in [5.41, 5.74) is 0. The molecule has 0 heterocycles. The highest BCUT2D eigenvalue weighted by molar-refractivity contribution is 7.45. The number of likely N-dealkylation sites (N-methyl/N-ethyl adjacent to an activating group) is 1. The quantitative estimate of drug-likeness (QED) is 0.393. The standard InChI is InChI=1S/C10H22NO7P/c1-8(12)10(14)9(13)7-18-19(15,16)17-6-5-11(2,3)4/h9-10,13-14H,5-7H2,1-4H3/t9-,10?/m0/s1. The summed E-state index contributed by atoms with van der Waals surface area (Å²) in [6.07, 6.45) is -3.28. The number of phosphoric ester groups is 1. The zero-order chi connectivity index (χ0) is 15.3. The lowest BCUT2D eigenvalue weighted by Crippen LogP contribution is -2.38. The van der Waals surface area contributed by atoms with Crippen LogP contribution in [0, 0.1) is 0 Å². The predicted molar refractivity (Wildman–Crippen MR) is 65.1 cm³/mol. The lowest BCUT2D eigenvalue weighted by molar-refractivity contribution is -0.870. The molecule has 0 fully saturated rings. The molecular weight excluding hydrogens is 277 g/mol. The van der Waals surface area contributed by atoms with Crippen molar-refractivity contribution >= 4 is 13.6 Å². The van der Waals surface area contributed by atoms with Crippen LogP contribution >= 0.6 is 7.82 Å². The monoisotopic (exact) mass is 299 g/mol. The summed E-state index contributed by atoms with van der Waals surface area (Å²) in [6, 6.07) is 0. The Labute approximate surface area is 112 Å². The van der Waals surface area contributed by atoms with Gasteiger partial charge in [-0.1, -0.05) is 0 Å². The molecule has 0 radical (unpaired) electrons. The fraction of sp³-hybridized carbons (Fsp3) is 0.900. The SMILES string of the molecule is CC(=O)C(O)[C@@H](O)COP(=O)([O-])OCC[N+](C)(C)C. The Bertz CT molecular complexity index is 341. The van der Waals surface area contributed by atoms with E-state index in [1.807, 2.05) is 21.1 Å². The van der Waals surface area contributed by atoms with Gasteiger partial charge in [0.15, 0.2) is 5.78 Å². The largest absolute Gasteiger partial charge is 0.756 e. The summed E-state index contributed by atoms with van der Waals surface area (Å²) in [5.74, 6) is -0.678.